The molecule has 0 spiro atoms. The Hall–Kier alpha value is -0.880. The second-order valence-corrected chi connectivity index (χ2v) is 7.99. The van der Waals surface area contributed by atoms with Crippen LogP contribution in [0.1, 0.15) is 30.8 Å². The molecular formula is C17H22N2OS2. The molecule has 3 nitrogen and oxygen atoms in total. The normalized spacial score (nSPS) is 19.0. The highest BCUT2D eigenvalue weighted by Crippen LogP contribution is 2.28. The summed E-state index contributed by atoms with van der Waals surface area (Å²) in [4.78, 5) is 4.74. The first-order chi connectivity index (χ1) is 10.7. The smallest absolute Gasteiger partial charge is 0.110 e. The van der Waals surface area contributed by atoms with Crippen LogP contribution in [0.5, 0.6) is 0 Å². The summed E-state index contributed by atoms with van der Waals surface area (Å²) in [6, 6.07) is 10.4. The summed E-state index contributed by atoms with van der Waals surface area (Å²) in [7, 11) is 0. The van der Waals surface area contributed by atoms with Crippen LogP contribution in [0.2, 0.25) is 0 Å². The van der Waals surface area contributed by atoms with Crippen molar-refractivity contribution in [3.8, 4) is 11.3 Å². The maximum absolute atomic E-state index is 10.6. The first-order valence-electron chi connectivity index (χ1n) is 7.71. The van der Waals surface area contributed by atoms with E-state index < -0.39 is 5.60 Å². The Balaban J connectivity index is 1.61. The fourth-order valence-corrected chi connectivity index (χ4v) is 4.70. The van der Waals surface area contributed by atoms with E-state index in [2.05, 4.69) is 29.8 Å². The number of thioether (sulfide) groups is 1. The van der Waals surface area contributed by atoms with Crippen LogP contribution < -0.4 is 5.32 Å². The number of aromatic nitrogens is 1. The van der Waals surface area contributed by atoms with Gasteiger partial charge in [0, 0.05) is 17.5 Å². The second-order valence-electron chi connectivity index (χ2n) is 5.88. The summed E-state index contributed by atoms with van der Waals surface area (Å²) < 4.78 is 0. The molecule has 1 saturated heterocycles. The first-order valence-corrected chi connectivity index (χ1v) is 9.74. The number of hydrogen-bond donors (Lipinski definition) is 2. The van der Waals surface area contributed by atoms with E-state index >= 15 is 0 Å². The fourth-order valence-electron chi connectivity index (χ4n) is 2.59. The van der Waals surface area contributed by atoms with Gasteiger partial charge in [-0.3, -0.25) is 0 Å². The van der Waals surface area contributed by atoms with Crippen LogP contribution in [0, 0.1) is 0 Å². The Labute approximate surface area is 140 Å². The Morgan fingerprint density at radius 3 is 2.73 bits per heavy atom. The number of benzene rings is 1. The highest BCUT2D eigenvalue weighted by molar-refractivity contribution is 7.99. The lowest BCUT2D eigenvalue weighted by Crippen LogP contribution is -2.44. The zero-order valence-corrected chi connectivity index (χ0v) is 14.4. The summed E-state index contributed by atoms with van der Waals surface area (Å²) in [6.07, 6.45) is 1.76. The molecule has 3 rings (SSSR count). The molecule has 1 unspecified atom stereocenters. The van der Waals surface area contributed by atoms with Crippen molar-refractivity contribution in [2.45, 2.75) is 31.4 Å². The highest BCUT2D eigenvalue weighted by atomic mass is 32.2. The number of nitrogens with zero attached hydrogens (tertiary/aromatic N) is 1. The van der Waals surface area contributed by atoms with Crippen molar-refractivity contribution in [2.75, 3.05) is 18.1 Å². The quantitative estimate of drug-likeness (QED) is 0.875. The minimum Gasteiger partial charge on any atom is -0.389 e. The van der Waals surface area contributed by atoms with Crippen LogP contribution in [0.25, 0.3) is 11.3 Å². The van der Waals surface area contributed by atoms with Gasteiger partial charge >= 0.3 is 0 Å². The molecule has 1 aliphatic rings. The molecular weight excluding hydrogens is 312 g/mol. The van der Waals surface area contributed by atoms with E-state index in [0.717, 1.165) is 40.6 Å². The Morgan fingerprint density at radius 2 is 2.00 bits per heavy atom. The summed E-state index contributed by atoms with van der Waals surface area (Å²) in [5, 5.41) is 17.2. The zero-order valence-electron chi connectivity index (χ0n) is 12.8. The predicted octanol–water partition coefficient (Wildman–Crippen LogP) is 3.72. The molecule has 0 bridgehead atoms. The molecule has 22 heavy (non-hydrogen) atoms. The fraction of sp³-hybridized carbons (Fsp3) is 0.471. The van der Waals surface area contributed by atoms with Crippen molar-refractivity contribution in [1.82, 2.24) is 10.3 Å². The van der Waals surface area contributed by atoms with Crippen molar-refractivity contribution in [3.63, 3.8) is 0 Å². The monoisotopic (exact) mass is 334 g/mol. The van der Waals surface area contributed by atoms with Gasteiger partial charge in [-0.25, -0.2) is 4.98 Å². The van der Waals surface area contributed by atoms with Crippen LogP contribution in [0.3, 0.4) is 0 Å². The topological polar surface area (TPSA) is 45.1 Å². The number of hydrogen-bond acceptors (Lipinski definition) is 5. The Kier molecular flexibility index (Phi) is 5.18. The maximum atomic E-state index is 10.6. The van der Waals surface area contributed by atoms with E-state index in [9.17, 15) is 5.11 Å². The molecule has 118 valence electrons. The zero-order chi connectivity index (χ0) is 15.4. The van der Waals surface area contributed by atoms with Crippen LogP contribution in [0.4, 0.5) is 0 Å². The van der Waals surface area contributed by atoms with Crippen LogP contribution >= 0.6 is 23.1 Å². The van der Waals surface area contributed by atoms with Gasteiger partial charge in [-0.1, -0.05) is 30.3 Å². The number of aliphatic hydroxyl groups is 1. The van der Waals surface area contributed by atoms with Gasteiger partial charge in [-0.05, 0) is 31.3 Å². The first kappa shape index (κ1) is 16.0. The molecule has 0 radical (unpaired) electrons. The van der Waals surface area contributed by atoms with Crippen LogP contribution in [-0.2, 0) is 0 Å². The van der Waals surface area contributed by atoms with Gasteiger partial charge in [-0.15, -0.1) is 11.3 Å². The lowest BCUT2D eigenvalue weighted by atomic mass is 9.96. The molecule has 1 fully saturated rings. The standard InChI is InChI=1S/C17H22N2OS2/c1-13(18-12-17(20)7-9-21-10-8-17)16-19-15(11-22-16)14-5-3-2-4-6-14/h2-6,11,13,18,20H,7-10,12H2,1H3. The van der Waals surface area contributed by atoms with Crippen LogP contribution in [0.15, 0.2) is 35.7 Å². The van der Waals surface area contributed by atoms with Gasteiger partial charge < -0.3 is 10.4 Å². The number of thiazole rings is 1. The third-order valence-corrected chi connectivity index (χ3v) is 6.14. The number of rotatable bonds is 5. The average Bonchev–Trinajstić information content (AvgIpc) is 3.04. The molecule has 2 heterocycles. The predicted molar refractivity (Wildman–Crippen MR) is 95.5 cm³/mol. The Bertz CT molecular complexity index is 594. The molecule has 5 heteroatoms. The van der Waals surface area contributed by atoms with Crippen molar-refractivity contribution in [1.29, 1.82) is 0 Å². The molecule has 0 amide bonds. The SMILES string of the molecule is CC(NCC1(O)CCSCC1)c1nc(-c2ccccc2)cs1. The van der Waals surface area contributed by atoms with Crippen molar-refractivity contribution in [2.24, 2.45) is 0 Å². The third kappa shape index (κ3) is 3.90. The second kappa shape index (κ2) is 7.13. The molecule has 0 aliphatic carbocycles. The largest absolute Gasteiger partial charge is 0.389 e. The van der Waals surface area contributed by atoms with E-state index in [1.54, 1.807) is 11.3 Å². The summed E-state index contributed by atoms with van der Waals surface area (Å²) in [5.41, 5.74) is 1.64. The van der Waals surface area contributed by atoms with Crippen molar-refractivity contribution in [3.05, 3.63) is 40.7 Å². The minimum absolute atomic E-state index is 0.168. The maximum Gasteiger partial charge on any atom is 0.110 e. The van der Waals surface area contributed by atoms with E-state index in [1.807, 2.05) is 30.0 Å². The average molecular weight is 335 g/mol. The highest BCUT2D eigenvalue weighted by Gasteiger charge is 2.29. The van der Waals surface area contributed by atoms with Gasteiger partial charge in [0.15, 0.2) is 0 Å². The van der Waals surface area contributed by atoms with Crippen molar-refractivity contribution >= 4 is 23.1 Å². The minimum atomic E-state index is -0.543. The molecule has 1 aromatic heterocycles. The lowest BCUT2D eigenvalue weighted by Gasteiger charge is -2.32. The van der Waals surface area contributed by atoms with E-state index in [-0.39, 0.29) is 6.04 Å². The molecule has 1 aliphatic heterocycles. The van der Waals surface area contributed by atoms with Gasteiger partial charge in [0.05, 0.1) is 17.3 Å². The van der Waals surface area contributed by atoms with Gasteiger partial charge in [-0.2, -0.15) is 11.8 Å². The lowest BCUT2D eigenvalue weighted by molar-refractivity contribution is 0.0300. The van der Waals surface area contributed by atoms with Gasteiger partial charge in [0.25, 0.3) is 0 Å². The summed E-state index contributed by atoms with van der Waals surface area (Å²) >= 11 is 3.61. The number of nitrogens with one attached hydrogen (secondary N) is 1. The summed E-state index contributed by atoms with van der Waals surface area (Å²) in [6.45, 7) is 2.77. The molecule has 2 aromatic rings. The molecule has 0 saturated carbocycles. The van der Waals surface area contributed by atoms with E-state index in [0.29, 0.717) is 6.54 Å². The molecule has 1 aromatic carbocycles. The van der Waals surface area contributed by atoms with Crippen LogP contribution in [-0.4, -0.2) is 33.7 Å². The summed E-state index contributed by atoms with van der Waals surface area (Å²) in [5.74, 6) is 2.12. The third-order valence-electron chi connectivity index (χ3n) is 4.12. The van der Waals surface area contributed by atoms with Gasteiger partial charge in [0.1, 0.15) is 5.01 Å². The Morgan fingerprint density at radius 1 is 1.27 bits per heavy atom. The molecule has 2 N–H and O–H groups in total. The van der Waals surface area contributed by atoms with Gasteiger partial charge in [0.2, 0.25) is 0 Å². The van der Waals surface area contributed by atoms with E-state index in [4.69, 9.17) is 4.98 Å². The van der Waals surface area contributed by atoms with E-state index in [1.165, 1.54) is 0 Å². The molecule has 1 atom stereocenters. The van der Waals surface area contributed by atoms with Crippen molar-refractivity contribution < 1.29 is 5.11 Å².